The Hall–Kier alpha value is -2.14. The van der Waals surface area contributed by atoms with Crippen LogP contribution < -0.4 is 10.1 Å². The summed E-state index contributed by atoms with van der Waals surface area (Å²) in [6.07, 6.45) is 0. The van der Waals surface area contributed by atoms with Crippen LogP contribution in [0.5, 0.6) is 11.5 Å². The monoisotopic (exact) mass is 293 g/mol. The summed E-state index contributed by atoms with van der Waals surface area (Å²) in [5.41, 5.74) is 1.52. The normalized spacial score (nSPS) is 12.2. The first-order chi connectivity index (χ1) is 10.0. The summed E-state index contributed by atoms with van der Waals surface area (Å²) in [5.74, 6) is -1.24. The van der Waals surface area contributed by atoms with Crippen LogP contribution in [0.4, 0.5) is 8.78 Å². The number of benzene rings is 2. The third-order valence-electron chi connectivity index (χ3n) is 3.30. The molecule has 0 aliphatic rings. The van der Waals surface area contributed by atoms with E-state index >= 15 is 0 Å². The number of phenolic OH excluding ortho intramolecular Hbond substituents is 1. The molecule has 0 bridgehead atoms. The van der Waals surface area contributed by atoms with Crippen molar-refractivity contribution in [1.29, 1.82) is 0 Å². The molecule has 0 aromatic heterocycles. The fourth-order valence-electron chi connectivity index (χ4n) is 2.02. The largest absolute Gasteiger partial charge is 0.504 e. The van der Waals surface area contributed by atoms with Gasteiger partial charge in [0.05, 0.1) is 7.11 Å². The van der Waals surface area contributed by atoms with E-state index in [0.29, 0.717) is 17.9 Å². The van der Waals surface area contributed by atoms with Gasteiger partial charge in [-0.25, -0.2) is 8.78 Å². The molecule has 21 heavy (non-hydrogen) atoms. The van der Waals surface area contributed by atoms with Crippen molar-refractivity contribution in [3.8, 4) is 11.5 Å². The van der Waals surface area contributed by atoms with Gasteiger partial charge in [-0.1, -0.05) is 12.1 Å². The molecule has 0 spiro atoms. The van der Waals surface area contributed by atoms with Crippen LogP contribution in [0.2, 0.25) is 0 Å². The fourth-order valence-corrected chi connectivity index (χ4v) is 2.02. The topological polar surface area (TPSA) is 41.5 Å². The van der Waals surface area contributed by atoms with Crippen LogP contribution in [0, 0.1) is 11.6 Å². The van der Waals surface area contributed by atoms with Gasteiger partial charge in [-0.3, -0.25) is 0 Å². The molecular formula is C16H17F2NO2. The third-order valence-corrected chi connectivity index (χ3v) is 3.30. The van der Waals surface area contributed by atoms with Gasteiger partial charge < -0.3 is 15.2 Å². The first kappa shape index (κ1) is 15.3. The molecule has 5 heteroatoms. The molecule has 2 N–H and O–H groups in total. The van der Waals surface area contributed by atoms with Gasteiger partial charge in [-0.05, 0) is 42.3 Å². The maximum absolute atomic E-state index is 13.2. The molecule has 0 saturated heterocycles. The van der Waals surface area contributed by atoms with Crippen LogP contribution in [0.25, 0.3) is 0 Å². The number of phenols is 1. The lowest BCUT2D eigenvalue weighted by Gasteiger charge is -2.15. The Balaban J connectivity index is 2.01. The Bertz CT molecular complexity index is 632. The lowest BCUT2D eigenvalue weighted by atomic mass is 10.1. The van der Waals surface area contributed by atoms with Crippen LogP contribution in [-0.2, 0) is 6.54 Å². The smallest absolute Gasteiger partial charge is 0.160 e. The summed E-state index contributed by atoms with van der Waals surface area (Å²) >= 11 is 0. The molecule has 3 nitrogen and oxygen atoms in total. The van der Waals surface area contributed by atoms with Crippen molar-refractivity contribution in [3.05, 3.63) is 59.2 Å². The number of aromatic hydroxyl groups is 1. The van der Waals surface area contributed by atoms with E-state index in [4.69, 9.17) is 4.74 Å². The van der Waals surface area contributed by atoms with E-state index in [1.165, 1.54) is 13.2 Å². The molecule has 0 radical (unpaired) electrons. The highest BCUT2D eigenvalue weighted by Gasteiger charge is 2.09. The molecule has 1 atom stereocenters. The van der Waals surface area contributed by atoms with E-state index in [-0.39, 0.29) is 11.8 Å². The molecule has 0 fully saturated rings. The molecule has 0 saturated carbocycles. The minimum Gasteiger partial charge on any atom is -0.504 e. The Morgan fingerprint density at radius 3 is 2.52 bits per heavy atom. The molecule has 2 rings (SSSR count). The highest BCUT2D eigenvalue weighted by atomic mass is 19.2. The van der Waals surface area contributed by atoms with E-state index < -0.39 is 11.6 Å². The molecule has 1 unspecified atom stereocenters. The van der Waals surface area contributed by atoms with Gasteiger partial charge in [0.25, 0.3) is 0 Å². The van der Waals surface area contributed by atoms with Crippen LogP contribution in [0.3, 0.4) is 0 Å². The van der Waals surface area contributed by atoms with Crippen molar-refractivity contribution >= 4 is 0 Å². The second-order valence-electron chi connectivity index (χ2n) is 4.78. The third kappa shape index (κ3) is 3.70. The van der Waals surface area contributed by atoms with Crippen LogP contribution >= 0.6 is 0 Å². The minimum atomic E-state index is -0.858. The Kier molecular flexibility index (Phi) is 4.75. The summed E-state index contributed by atoms with van der Waals surface area (Å²) in [4.78, 5) is 0. The fraction of sp³-hybridized carbons (Fsp3) is 0.250. The summed E-state index contributed by atoms with van der Waals surface area (Å²) in [5, 5.41) is 12.9. The van der Waals surface area contributed by atoms with Gasteiger partial charge >= 0.3 is 0 Å². The van der Waals surface area contributed by atoms with Crippen molar-refractivity contribution in [3.63, 3.8) is 0 Å². The number of halogens is 2. The maximum atomic E-state index is 13.2. The highest BCUT2D eigenvalue weighted by Crippen LogP contribution is 2.26. The second kappa shape index (κ2) is 6.54. The van der Waals surface area contributed by atoms with Gasteiger partial charge in [0.2, 0.25) is 0 Å². The lowest BCUT2D eigenvalue weighted by molar-refractivity contribution is 0.373. The molecule has 0 heterocycles. The first-order valence-corrected chi connectivity index (χ1v) is 6.55. The number of rotatable bonds is 5. The number of nitrogens with one attached hydrogen (secondary N) is 1. The number of hydrogen-bond acceptors (Lipinski definition) is 3. The summed E-state index contributed by atoms with van der Waals surface area (Å²) in [7, 11) is 1.48. The van der Waals surface area contributed by atoms with Crippen LogP contribution in [0.1, 0.15) is 24.1 Å². The minimum absolute atomic E-state index is 0.0669. The van der Waals surface area contributed by atoms with E-state index in [9.17, 15) is 13.9 Å². The molecule has 0 amide bonds. The average Bonchev–Trinajstić information content (AvgIpc) is 2.47. The standard InChI is InChI=1S/C16H17F2NO2/c1-10(12-4-5-13(17)14(18)8-12)19-9-11-3-6-16(21-2)15(20)7-11/h3-8,10,19-20H,9H2,1-2H3. The molecule has 2 aromatic rings. The first-order valence-electron chi connectivity index (χ1n) is 6.55. The van der Waals surface area contributed by atoms with E-state index in [0.717, 1.165) is 11.6 Å². The molecule has 112 valence electrons. The lowest BCUT2D eigenvalue weighted by Crippen LogP contribution is -2.18. The molecule has 0 aliphatic carbocycles. The zero-order valence-electron chi connectivity index (χ0n) is 11.9. The van der Waals surface area contributed by atoms with Crippen molar-refractivity contribution in [2.45, 2.75) is 19.5 Å². The number of hydrogen-bond donors (Lipinski definition) is 2. The SMILES string of the molecule is COc1ccc(CNC(C)c2ccc(F)c(F)c2)cc1O. The number of methoxy groups -OCH3 is 1. The predicted molar refractivity (Wildman–Crippen MR) is 76.3 cm³/mol. The highest BCUT2D eigenvalue weighted by molar-refractivity contribution is 5.41. The van der Waals surface area contributed by atoms with E-state index in [2.05, 4.69) is 5.32 Å². The van der Waals surface area contributed by atoms with Gasteiger partial charge in [0, 0.05) is 12.6 Å². The Morgan fingerprint density at radius 1 is 1.14 bits per heavy atom. The summed E-state index contributed by atoms with van der Waals surface area (Å²) in [6.45, 7) is 2.34. The average molecular weight is 293 g/mol. The van der Waals surface area contributed by atoms with Gasteiger partial charge in [0.15, 0.2) is 23.1 Å². The molecular weight excluding hydrogens is 276 g/mol. The predicted octanol–water partition coefficient (Wildman–Crippen LogP) is 3.53. The zero-order valence-corrected chi connectivity index (χ0v) is 11.9. The molecule has 0 aliphatic heterocycles. The van der Waals surface area contributed by atoms with Gasteiger partial charge in [-0.2, -0.15) is 0 Å². The Labute approximate surface area is 122 Å². The summed E-state index contributed by atoms with van der Waals surface area (Å²) in [6, 6.07) is 8.79. The van der Waals surface area contributed by atoms with Crippen molar-refractivity contribution in [2.75, 3.05) is 7.11 Å². The molecule has 2 aromatic carbocycles. The van der Waals surface area contributed by atoms with Crippen LogP contribution in [-0.4, -0.2) is 12.2 Å². The second-order valence-corrected chi connectivity index (χ2v) is 4.78. The van der Waals surface area contributed by atoms with Crippen molar-refractivity contribution < 1.29 is 18.6 Å². The zero-order chi connectivity index (χ0) is 15.4. The van der Waals surface area contributed by atoms with E-state index in [1.807, 2.05) is 13.0 Å². The maximum Gasteiger partial charge on any atom is 0.160 e. The van der Waals surface area contributed by atoms with Crippen molar-refractivity contribution in [1.82, 2.24) is 5.32 Å². The van der Waals surface area contributed by atoms with E-state index in [1.54, 1.807) is 18.2 Å². The van der Waals surface area contributed by atoms with Crippen molar-refractivity contribution in [2.24, 2.45) is 0 Å². The summed E-state index contributed by atoms with van der Waals surface area (Å²) < 4.78 is 31.1. The quantitative estimate of drug-likeness (QED) is 0.886. The van der Waals surface area contributed by atoms with Crippen LogP contribution in [0.15, 0.2) is 36.4 Å². The van der Waals surface area contributed by atoms with Gasteiger partial charge in [0.1, 0.15) is 0 Å². The Morgan fingerprint density at radius 2 is 1.90 bits per heavy atom. The number of ether oxygens (including phenoxy) is 1. The van der Waals surface area contributed by atoms with Gasteiger partial charge in [-0.15, -0.1) is 0 Å².